The van der Waals surface area contributed by atoms with Crippen molar-refractivity contribution in [2.45, 2.75) is 39.2 Å². The Bertz CT molecular complexity index is 713. The number of aromatic nitrogens is 2. The number of piperidine rings is 1. The largest absolute Gasteiger partial charge is 0.465 e. The van der Waals surface area contributed by atoms with E-state index in [-0.39, 0.29) is 11.8 Å². The Balaban J connectivity index is 1.41. The van der Waals surface area contributed by atoms with Crippen LogP contribution in [0.2, 0.25) is 0 Å². The van der Waals surface area contributed by atoms with E-state index in [9.17, 15) is 9.59 Å². The third kappa shape index (κ3) is 4.88. The third-order valence-corrected chi connectivity index (χ3v) is 4.93. The van der Waals surface area contributed by atoms with Crippen molar-refractivity contribution >= 4 is 23.3 Å². The molecule has 3 rings (SSSR count). The van der Waals surface area contributed by atoms with Gasteiger partial charge in [-0.05, 0) is 55.8 Å². The third-order valence-electron chi connectivity index (χ3n) is 4.42. The maximum Gasteiger partial charge on any atom is 0.275 e. The second kappa shape index (κ2) is 8.24. The number of carbonyl (C=O) groups excluding carboxylic acids is 2. The molecule has 1 atom stereocenters. The molecule has 8 heteroatoms. The molecule has 2 amide bonds. The van der Waals surface area contributed by atoms with Crippen molar-refractivity contribution in [3.05, 3.63) is 34.7 Å². The first-order chi connectivity index (χ1) is 12.1. The van der Waals surface area contributed by atoms with Gasteiger partial charge in [-0.15, -0.1) is 5.10 Å². The van der Waals surface area contributed by atoms with Gasteiger partial charge in [-0.3, -0.25) is 9.59 Å². The van der Waals surface area contributed by atoms with Crippen LogP contribution in [0.3, 0.4) is 0 Å². The number of aryl methyl sites for hydroxylation is 1. The van der Waals surface area contributed by atoms with E-state index < -0.39 is 0 Å². The molecule has 0 aromatic carbocycles. The summed E-state index contributed by atoms with van der Waals surface area (Å²) in [6, 6.07) is 3.75. The maximum atomic E-state index is 12.3. The zero-order valence-corrected chi connectivity index (χ0v) is 15.1. The van der Waals surface area contributed by atoms with E-state index in [2.05, 4.69) is 14.9 Å². The highest BCUT2D eigenvalue weighted by molar-refractivity contribution is 7.03. The van der Waals surface area contributed by atoms with Crippen LogP contribution < -0.4 is 5.32 Å². The molecule has 2 aromatic rings. The van der Waals surface area contributed by atoms with Gasteiger partial charge in [0.05, 0.1) is 6.54 Å². The Hall–Kier alpha value is -2.22. The van der Waals surface area contributed by atoms with Gasteiger partial charge in [0.1, 0.15) is 11.5 Å². The first-order valence-corrected chi connectivity index (χ1v) is 9.34. The Kier molecular flexibility index (Phi) is 5.80. The number of amides is 2. The molecule has 0 radical (unpaired) electrons. The van der Waals surface area contributed by atoms with Gasteiger partial charge in [0, 0.05) is 24.9 Å². The zero-order chi connectivity index (χ0) is 17.6. The molecule has 1 unspecified atom stereocenters. The summed E-state index contributed by atoms with van der Waals surface area (Å²) in [5, 5.41) is 8.40. The molecular formula is C17H22N4O3S. The molecule has 1 saturated heterocycles. The molecule has 0 bridgehead atoms. The first-order valence-electron chi connectivity index (χ1n) is 8.50. The molecule has 1 N–H and O–H groups in total. The summed E-state index contributed by atoms with van der Waals surface area (Å²) >= 11 is 1.18. The van der Waals surface area contributed by atoms with Crippen molar-refractivity contribution < 1.29 is 14.0 Å². The second-order valence-corrected chi connectivity index (χ2v) is 6.99. The molecule has 134 valence electrons. The highest BCUT2D eigenvalue weighted by Crippen LogP contribution is 2.22. The van der Waals surface area contributed by atoms with Crippen molar-refractivity contribution in [1.29, 1.82) is 0 Å². The lowest BCUT2D eigenvalue weighted by Crippen LogP contribution is -2.40. The molecular weight excluding hydrogens is 340 g/mol. The average Bonchev–Trinajstić information content (AvgIpc) is 3.29. The fourth-order valence-electron chi connectivity index (χ4n) is 3.09. The molecule has 3 heterocycles. The molecule has 1 aliphatic heterocycles. The van der Waals surface area contributed by atoms with E-state index >= 15 is 0 Å². The van der Waals surface area contributed by atoms with E-state index in [1.165, 1.54) is 11.5 Å². The van der Waals surface area contributed by atoms with Crippen molar-refractivity contribution in [2.75, 3.05) is 13.1 Å². The number of nitrogens with one attached hydrogen (secondary N) is 1. The quantitative estimate of drug-likeness (QED) is 0.852. The summed E-state index contributed by atoms with van der Waals surface area (Å²) in [5.74, 6) is 1.90. The van der Waals surface area contributed by atoms with Crippen LogP contribution in [-0.4, -0.2) is 39.4 Å². The van der Waals surface area contributed by atoms with Crippen LogP contribution in [-0.2, 0) is 11.3 Å². The minimum Gasteiger partial charge on any atom is -0.465 e. The fourth-order valence-corrected chi connectivity index (χ4v) is 3.52. The van der Waals surface area contributed by atoms with Crippen LogP contribution in [0, 0.1) is 12.8 Å². The lowest BCUT2D eigenvalue weighted by atomic mass is 9.93. The van der Waals surface area contributed by atoms with E-state index in [0.29, 0.717) is 31.1 Å². The number of hydrogen-bond donors (Lipinski definition) is 1. The van der Waals surface area contributed by atoms with Crippen LogP contribution in [0.15, 0.2) is 21.9 Å². The zero-order valence-electron chi connectivity index (χ0n) is 14.2. The number of furan rings is 1. The molecule has 7 nitrogen and oxygen atoms in total. The number of hydrogen-bond acceptors (Lipinski definition) is 6. The standard InChI is InChI=1S/C17H22N4O3S/c1-12-4-6-14(24-12)9-18-16(22)7-5-13-3-2-8-21(10-13)17(23)15-11-25-20-19-15/h4,6,11,13H,2-3,5,7-10H2,1H3,(H,18,22). The summed E-state index contributed by atoms with van der Waals surface area (Å²) in [6.45, 7) is 3.72. The van der Waals surface area contributed by atoms with Gasteiger partial charge >= 0.3 is 0 Å². The molecule has 2 aromatic heterocycles. The minimum atomic E-state index is -0.0592. The van der Waals surface area contributed by atoms with Crippen LogP contribution in [0.25, 0.3) is 0 Å². The molecule has 1 aliphatic rings. The van der Waals surface area contributed by atoms with Gasteiger partial charge in [-0.25, -0.2) is 0 Å². The number of likely N-dealkylation sites (tertiary alicyclic amines) is 1. The molecule has 0 spiro atoms. The van der Waals surface area contributed by atoms with E-state index in [4.69, 9.17) is 4.42 Å². The van der Waals surface area contributed by atoms with Crippen LogP contribution in [0.5, 0.6) is 0 Å². The highest BCUT2D eigenvalue weighted by atomic mass is 32.1. The molecule has 0 saturated carbocycles. The van der Waals surface area contributed by atoms with E-state index in [1.807, 2.05) is 24.0 Å². The van der Waals surface area contributed by atoms with E-state index in [0.717, 1.165) is 37.3 Å². The van der Waals surface area contributed by atoms with Crippen molar-refractivity contribution in [3.63, 3.8) is 0 Å². The first kappa shape index (κ1) is 17.6. The lowest BCUT2D eigenvalue weighted by Gasteiger charge is -2.32. The van der Waals surface area contributed by atoms with Gasteiger partial charge in [-0.2, -0.15) is 0 Å². The summed E-state index contributed by atoms with van der Waals surface area (Å²) in [7, 11) is 0. The predicted molar refractivity (Wildman–Crippen MR) is 93.1 cm³/mol. The highest BCUT2D eigenvalue weighted by Gasteiger charge is 2.26. The molecule has 0 aliphatic carbocycles. The molecule has 25 heavy (non-hydrogen) atoms. The average molecular weight is 362 g/mol. The van der Waals surface area contributed by atoms with Gasteiger partial charge in [0.25, 0.3) is 5.91 Å². The fraction of sp³-hybridized carbons (Fsp3) is 0.529. The smallest absolute Gasteiger partial charge is 0.275 e. The number of rotatable bonds is 6. The lowest BCUT2D eigenvalue weighted by molar-refractivity contribution is -0.121. The van der Waals surface area contributed by atoms with Crippen molar-refractivity contribution in [3.8, 4) is 0 Å². The van der Waals surface area contributed by atoms with E-state index in [1.54, 1.807) is 5.38 Å². The summed E-state index contributed by atoms with van der Waals surface area (Å²) in [5.41, 5.74) is 0.414. The van der Waals surface area contributed by atoms with Crippen molar-refractivity contribution in [2.24, 2.45) is 5.92 Å². The Morgan fingerprint density at radius 1 is 1.44 bits per heavy atom. The normalized spacial score (nSPS) is 17.5. The Morgan fingerprint density at radius 2 is 2.32 bits per heavy atom. The predicted octanol–water partition coefficient (Wildman–Crippen LogP) is 2.39. The monoisotopic (exact) mass is 362 g/mol. The molecule has 1 fully saturated rings. The van der Waals surface area contributed by atoms with Gasteiger partial charge in [0.2, 0.25) is 5.91 Å². The summed E-state index contributed by atoms with van der Waals surface area (Å²) in [4.78, 5) is 26.2. The number of nitrogens with zero attached hydrogens (tertiary/aromatic N) is 3. The van der Waals surface area contributed by atoms with Gasteiger partial charge < -0.3 is 14.6 Å². The maximum absolute atomic E-state index is 12.3. The van der Waals surface area contributed by atoms with Crippen LogP contribution in [0.1, 0.15) is 47.7 Å². The number of carbonyl (C=O) groups is 2. The summed E-state index contributed by atoms with van der Waals surface area (Å²) in [6.07, 6.45) is 3.25. The minimum absolute atomic E-state index is 0.0150. The summed E-state index contributed by atoms with van der Waals surface area (Å²) < 4.78 is 9.18. The van der Waals surface area contributed by atoms with Crippen LogP contribution >= 0.6 is 11.5 Å². The SMILES string of the molecule is Cc1ccc(CNC(=O)CCC2CCCN(C(=O)c3csnn3)C2)o1. The Labute approximate surface area is 150 Å². The van der Waals surface area contributed by atoms with Crippen molar-refractivity contribution in [1.82, 2.24) is 19.8 Å². The topological polar surface area (TPSA) is 88.3 Å². The van der Waals surface area contributed by atoms with Crippen LogP contribution in [0.4, 0.5) is 0 Å². The van der Waals surface area contributed by atoms with Gasteiger partial charge in [0.15, 0.2) is 5.69 Å². The second-order valence-electron chi connectivity index (χ2n) is 6.38. The Morgan fingerprint density at radius 3 is 3.04 bits per heavy atom. The van der Waals surface area contributed by atoms with Gasteiger partial charge in [-0.1, -0.05) is 4.49 Å².